The van der Waals surface area contributed by atoms with Gasteiger partial charge in [-0.15, -0.1) is 0 Å². The Kier molecular flexibility index (Phi) is 5.11. The van der Waals surface area contributed by atoms with Crippen molar-refractivity contribution < 1.29 is 0 Å². The van der Waals surface area contributed by atoms with Crippen LogP contribution in [0, 0.1) is 0 Å². The van der Waals surface area contributed by atoms with Gasteiger partial charge in [0, 0.05) is 0 Å². The van der Waals surface area contributed by atoms with Crippen molar-refractivity contribution in [3.8, 4) is 0 Å². The van der Waals surface area contributed by atoms with Gasteiger partial charge in [-0.3, -0.25) is 0 Å². The van der Waals surface area contributed by atoms with Crippen LogP contribution in [0.15, 0.2) is 47.6 Å². The summed E-state index contributed by atoms with van der Waals surface area (Å²) in [5, 5.41) is 0. The third kappa shape index (κ3) is 3.97. The van der Waals surface area contributed by atoms with E-state index in [1.165, 1.54) is 16.7 Å². The first-order valence-corrected chi connectivity index (χ1v) is 4.22. The summed E-state index contributed by atoms with van der Waals surface area (Å²) in [5.41, 5.74) is 3.76. The minimum atomic E-state index is 1.19. The largest absolute Gasteiger partial charge is 0.0985 e. The van der Waals surface area contributed by atoms with E-state index in [4.69, 9.17) is 0 Å². The van der Waals surface area contributed by atoms with Crippen molar-refractivity contribution in [1.82, 2.24) is 0 Å². The van der Waals surface area contributed by atoms with Crippen LogP contribution >= 0.6 is 0 Å². The summed E-state index contributed by atoms with van der Waals surface area (Å²) in [7, 11) is 0. The lowest BCUT2D eigenvalue weighted by Crippen LogP contribution is -1.78. The summed E-state index contributed by atoms with van der Waals surface area (Å²) in [6, 6.07) is 0. The normalized spacial score (nSPS) is 12.7. The maximum Gasteiger partial charge on any atom is -0.0237 e. The maximum absolute atomic E-state index is 3.77. The molecule has 0 aromatic carbocycles. The highest BCUT2D eigenvalue weighted by Crippen LogP contribution is 2.10. The van der Waals surface area contributed by atoms with Crippen LogP contribution < -0.4 is 0 Å². The number of hydrogen-bond acceptors (Lipinski definition) is 0. The van der Waals surface area contributed by atoms with Gasteiger partial charge >= 0.3 is 0 Å². The lowest BCUT2D eigenvalue weighted by atomic mass is 10.1. The van der Waals surface area contributed by atoms with Crippen LogP contribution in [0.5, 0.6) is 0 Å². The molecule has 0 aromatic rings. The van der Waals surface area contributed by atoms with Gasteiger partial charge < -0.3 is 0 Å². The second-order valence-corrected chi connectivity index (χ2v) is 3.04. The second-order valence-electron chi connectivity index (χ2n) is 3.04. The van der Waals surface area contributed by atoms with Crippen molar-refractivity contribution in [3.63, 3.8) is 0 Å². The quantitative estimate of drug-likeness (QED) is 0.549. The van der Waals surface area contributed by atoms with Crippen LogP contribution in [-0.2, 0) is 0 Å². The minimum absolute atomic E-state index is 1.19. The molecule has 0 heteroatoms. The van der Waals surface area contributed by atoms with E-state index in [2.05, 4.69) is 45.6 Å². The molecule has 0 fully saturated rings. The SMILES string of the molecule is C=CC(=CC=C(C)C)C(C)=CC. The van der Waals surface area contributed by atoms with Crippen LogP contribution in [0.25, 0.3) is 0 Å². The molecule has 0 aliphatic heterocycles. The summed E-state index contributed by atoms with van der Waals surface area (Å²) < 4.78 is 0. The van der Waals surface area contributed by atoms with Gasteiger partial charge in [-0.2, -0.15) is 0 Å². The van der Waals surface area contributed by atoms with E-state index in [0.717, 1.165) is 0 Å². The molecule has 12 heavy (non-hydrogen) atoms. The van der Waals surface area contributed by atoms with Gasteiger partial charge in [0.25, 0.3) is 0 Å². The van der Waals surface area contributed by atoms with E-state index in [1.807, 2.05) is 13.0 Å². The predicted octanol–water partition coefficient (Wildman–Crippen LogP) is 4.03. The fourth-order valence-corrected chi connectivity index (χ4v) is 0.784. The summed E-state index contributed by atoms with van der Waals surface area (Å²) in [6.45, 7) is 12.1. The van der Waals surface area contributed by atoms with Gasteiger partial charge in [-0.25, -0.2) is 0 Å². The molecule has 0 spiro atoms. The molecule has 0 radical (unpaired) electrons. The molecule has 0 heterocycles. The Morgan fingerprint density at radius 1 is 1.08 bits per heavy atom. The molecule has 0 aliphatic carbocycles. The van der Waals surface area contributed by atoms with Crippen molar-refractivity contribution in [1.29, 1.82) is 0 Å². The summed E-state index contributed by atoms with van der Waals surface area (Å²) in [5.74, 6) is 0. The van der Waals surface area contributed by atoms with Gasteiger partial charge in [0.2, 0.25) is 0 Å². The van der Waals surface area contributed by atoms with Crippen LogP contribution in [0.4, 0.5) is 0 Å². The zero-order chi connectivity index (χ0) is 9.56. The Morgan fingerprint density at radius 2 is 1.67 bits per heavy atom. The molecule has 0 saturated carbocycles. The van der Waals surface area contributed by atoms with Gasteiger partial charge in [-0.05, 0) is 38.8 Å². The van der Waals surface area contributed by atoms with Gasteiger partial charge in [0.1, 0.15) is 0 Å². The van der Waals surface area contributed by atoms with Gasteiger partial charge in [-0.1, -0.05) is 36.5 Å². The number of hydrogen-bond donors (Lipinski definition) is 0. The zero-order valence-corrected chi connectivity index (χ0v) is 8.52. The van der Waals surface area contributed by atoms with E-state index in [9.17, 15) is 0 Å². The lowest BCUT2D eigenvalue weighted by Gasteiger charge is -1.98. The van der Waals surface area contributed by atoms with Crippen molar-refractivity contribution >= 4 is 0 Å². The molecule has 0 saturated heterocycles. The van der Waals surface area contributed by atoms with E-state index in [1.54, 1.807) is 0 Å². The van der Waals surface area contributed by atoms with E-state index >= 15 is 0 Å². The molecular weight excluding hydrogens is 144 g/mol. The van der Waals surface area contributed by atoms with Crippen molar-refractivity contribution in [2.45, 2.75) is 27.7 Å². The fraction of sp³-hybridized carbons (Fsp3) is 0.333. The van der Waals surface area contributed by atoms with E-state index in [0.29, 0.717) is 0 Å². The topological polar surface area (TPSA) is 0 Å². The van der Waals surface area contributed by atoms with Crippen LogP contribution in [0.2, 0.25) is 0 Å². The molecule has 66 valence electrons. The molecule has 0 atom stereocenters. The van der Waals surface area contributed by atoms with E-state index < -0.39 is 0 Å². The van der Waals surface area contributed by atoms with Crippen molar-refractivity contribution in [2.24, 2.45) is 0 Å². The first-order valence-electron chi connectivity index (χ1n) is 4.22. The Hall–Kier alpha value is -1.04. The average molecular weight is 162 g/mol. The monoisotopic (exact) mass is 162 g/mol. The third-order valence-corrected chi connectivity index (χ3v) is 1.70. The maximum atomic E-state index is 3.77. The molecule has 0 bridgehead atoms. The third-order valence-electron chi connectivity index (χ3n) is 1.70. The molecule has 0 aromatic heterocycles. The highest BCUT2D eigenvalue weighted by atomic mass is 14.0. The Labute approximate surface area is 76.0 Å². The highest BCUT2D eigenvalue weighted by Gasteiger charge is 1.90. The summed E-state index contributed by atoms with van der Waals surface area (Å²) in [6.07, 6.45) is 8.17. The first-order chi connectivity index (χ1) is 5.61. The summed E-state index contributed by atoms with van der Waals surface area (Å²) in [4.78, 5) is 0. The standard InChI is InChI=1S/C12H18/c1-6-11(5)12(7-2)9-8-10(3)4/h6-9H,2H2,1,3-5H3. The highest BCUT2D eigenvalue weighted by molar-refractivity contribution is 5.39. The Bertz CT molecular complexity index is 233. The second kappa shape index (κ2) is 5.59. The first kappa shape index (κ1) is 11.0. The minimum Gasteiger partial charge on any atom is -0.0985 e. The molecule has 0 unspecified atom stereocenters. The Balaban J connectivity index is 4.67. The van der Waals surface area contributed by atoms with Crippen LogP contribution in [0.1, 0.15) is 27.7 Å². The van der Waals surface area contributed by atoms with Crippen molar-refractivity contribution in [2.75, 3.05) is 0 Å². The molecule has 0 amide bonds. The average Bonchev–Trinajstić information content (AvgIpc) is 2.04. The van der Waals surface area contributed by atoms with Gasteiger partial charge in [0.05, 0.1) is 0 Å². The number of allylic oxidation sites excluding steroid dienone is 7. The molecule has 0 aliphatic rings. The van der Waals surface area contributed by atoms with E-state index in [-0.39, 0.29) is 0 Å². The molecule has 0 rings (SSSR count). The lowest BCUT2D eigenvalue weighted by molar-refractivity contribution is 1.36. The Morgan fingerprint density at radius 3 is 2.00 bits per heavy atom. The smallest absolute Gasteiger partial charge is 0.0237 e. The fourth-order valence-electron chi connectivity index (χ4n) is 0.784. The predicted molar refractivity (Wildman–Crippen MR) is 57.1 cm³/mol. The van der Waals surface area contributed by atoms with Crippen LogP contribution in [0.3, 0.4) is 0 Å². The zero-order valence-electron chi connectivity index (χ0n) is 8.52. The molecule has 0 N–H and O–H groups in total. The van der Waals surface area contributed by atoms with Gasteiger partial charge in [0.15, 0.2) is 0 Å². The summed E-state index contributed by atoms with van der Waals surface area (Å²) >= 11 is 0. The molecule has 0 nitrogen and oxygen atoms in total. The van der Waals surface area contributed by atoms with Crippen LogP contribution in [-0.4, -0.2) is 0 Å². The molecular formula is C12H18. The van der Waals surface area contributed by atoms with Crippen molar-refractivity contribution in [3.05, 3.63) is 47.6 Å². The number of rotatable bonds is 3.